The summed E-state index contributed by atoms with van der Waals surface area (Å²) < 4.78 is 36.1. The van der Waals surface area contributed by atoms with E-state index in [0.29, 0.717) is 34.9 Å². The summed E-state index contributed by atoms with van der Waals surface area (Å²) in [4.78, 5) is 12.5. The molecule has 154 valence electrons. The Morgan fingerprint density at radius 3 is 2.43 bits per heavy atom. The Bertz CT molecular complexity index is 952. The van der Waals surface area contributed by atoms with Crippen molar-refractivity contribution in [3.63, 3.8) is 0 Å². The molecule has 28 heavy (non-hydrogen) atoms. The predicted octanol–water partition coefficient (Wildman–Crippen LogP) is 3.28. The van der Waals surface area contributed by atoms with E-state index in [1.54, 1.807) is 19.2 Å². The van der Waals surface area contributed by atoms with Crippen molar-refractivity contribution >= 4 is 33.6 Å². The number of nitrogens with zero attached hydrogens (tertiary/aromatic N) is 2. The lowest BCUT2D eigenvalue weighted by Gasteiger charge is -2.23. The highest BCUT2D eigenvalue weighted by atomic mass is 35.5. The van der Waals surface area contributed by atoms with Gasteiger partial charge in [-0.1, -0.05) is 44.5 Å². The van der Waals surface area contributed by atoms with Gasteiger partial charge in [-0.2, -0.15) is 13.5 Å². The van der Waals surface area contributed by atoms with Crippen molar-refractivity contribution in [1.29, 1.82) is 0 Å². The summed E-state index contributed by atoms with van der Waals surface area (Å²) in [7, 11) is -2.80. The van der Waals surface area contributed by atoms with Crippen molar-refractivity contribution in [2.75, 3.05) is 11.9 Å². The first-order chi connectivity index (χ1) is 12.9. The number of rotatable bonds is 8. The van der Waals surface area contributed by atoms with Crippen LogP contribution in [0.5, 0.6) is 0 Å². The Labute approximate surface area is 169 Å². The lowest BCUT2D eigenvalue weighted by molar-refractivity contribution is 0.101. The van der Waals surface area contributed by atoms with Gasteiger partial charge in [-0.05, 0) is 36.0 Å². The molecule has 0 aliphatic carbocycles. The van der Waals surface area contributed by atoms with Crippen LogP contribution in [-0.2, 0) is 34.5 Å². The molecule has 10 heteroatoms. The van der Waals surface area contributed by atoms with Crippen LogP contribution in [0.2, 0.25) is 5.02 Å². The molecule has 0 saturated carbocycles. The molecule has 1 heterocycles. The second kappa shape index (κ2) is 8.60. The summed E-state index contributed by atoms with van der Waals surface area (Å²) in [5.74, 6) is -0.352. The van der Waals surface area contributed by atoms with Gasteiger partial charge in [0.25, 0.3) is 5.91 Å². The Kier molecular flexibility index (Phi) is 6.87. The van der Waals surface area contributed by atoms with Crippen molar-refractivity contribution in [3.05, 3.63) is 46.2 Å². The average molecular weight is 430 g/mol. The van der Waals surface area contributed by atoms with Crippen LogP contribution in [0.25, 0.3) is 0 Å². The third kappa shape index (κ3) is 6.03. The van der Waals surface area contributed by atoms with Crippen LogP contribution < -0.4 is 5.32 Å². The summed E-state index contributed by atoms with van der Waals surface area (Å²) in [6.07, 6.45) is 1.15. The number of amides is 1. The molecule has 0 aliphatic rings. The zero-order chi connectivity index (χ0) is 21.1. The van der Waals surface area contributed by atoms with Gasteiger partial charge in [-0.15, -0.1) is 0 Å². The third-order valence-electron chi connectivity index (χ3n) is 4.10. The molecule has 1 amide bonds. The highest BCUT2D eigenvalue weighted by Gasteiger charge is 2.23. The minimum atomic E-state index is -4.47. The van der Waals surface area contributed by atoms with Gasteiger partial charge >= 0.3 is 10.4 Å². The van der Waals surface area contributed by atoms with E-state index in [0.717, 1.165) is 5.56 Å². The van der Waals surface area contributed by atoms with Gasteiger partial charge in [0.1, 0.15) is 5.69 Å². The minimum Gasteiger partial charge on any atom is -0.321 e. The maximum absolute atomic E-state index is 12.5. The average Bonchev–Trinajstić information content (AvgIpc) is 2.88. The molecule has 0 spiro atoms. The fourth-order valence-corrected chi connectivity index (χ4v) is 3.61. The second-order valence-electron chi connectivity index (χ2n) is 7.27. The monoisotopic (exact) mass is 429 g/mol. The molecule has 8 nitrogen and oxygen atoms in total. The molecule has 0 atom stereocenters. The Morgan fingerprint density at radius 2 is 1.93 bits per heavy atom. The number of carbonyl (C=O) groups excluding carboxylic acids is 1. The third-order valence-corrected chi connectivity index (χ3v) is 4.91. The predicted molar refractivity (Wildman–Crippen MR) is 107 cm³/mol. The number of aryl methyl sites for hydroxylation is 2. The van der Waals surface area contributed by atoms with Crippen LogP contribution in [0.1, 0.15) is 42.5 Å². The number of aromatic nitrogens is 2. The first kappa shape index (κ1) is 22.4. The van der Waals surface area contributed by atoms with Gasteiger partial charge in [0.15, 0.2) is 0 Å². The van der Waals surface area contributed by atoms with Crippen molar-refractivity contribution in [2.24, 2.45) is 12.5 Å². The van der Waals surface area contributed by atoms with Crippen LogP contribution in [0.3, 0.4) is 0 Å². The molecule has 0 radical (unpaired) electrons. The number of nitrogens with one attached hydrogen (secondary N) is 1. The largest absolute Gasteiger partial charge is 0.397 e. The Morgan fingerprint density at radius 1 is 1.32 bits per heavy atom. The number of anilines is 1. The molecule has 1 aromatic carbocycles. The smallest absolute Gasteiger partial charge is 0.321 e. The number of carbonyl (C=O) groups is 1. The normalized spacial score (nSPS) is 12.2. The molecule has 2 N–H and O–H groups in total. The van der Waals surface area contributed by atoms with Gasteiger partial charge in [0.05, 0.1) is 17.3 Å². The van der Waals surface area contributed by atoms with E-state index < -0.39 is 15.8 Å². The molecular formula is C18H24ClN3O5S. The number of hydrogen-bond donors (Lipinski definition) is 2. The van der Waals surface area contributed by atoms with E-state index in [1.165, 1.54) is 4.68 Å². The van der Waals surface area contributed by atoms with Crippen LogP contribution in [0.15, 0.2) is 24.3 Å². The highest BCUT2D eigenvalue weighted by Crippen LogP contribution is 2.25. The maximum atomic E-state index is 12.5. The Balaban J connectivity index is 2.05. The van der Waals surface area contributed by atoms with E-state index in [4.69, 9.17) is 16.2 Å². The SMILES string of the molecule is CCc1nn(C)c(C(=O)Nc2ccc(CC(C)(C)COS(=O)(=O)O)cc2)c1Cl. The zero-order valence-electron chi connectivity index (χ0n) is 16.2. The van der Waals surface area contributed by atoms with E-state index in [-0.39, 0.29) is 12.5 Å². The summed E-state index contributed by atoms with van der Waals surface area (Å²) in [5, 5.41) is 7.37. The highest BCUT2D eigenvalue weighted by molar-refractivity contribution is 7.80. The minimum absolute atomic E-state index is 0.150. The van der Waals surface area contributed by atoms with Crippen molar-refractivity contribution in [1.82, 2.24) is 9.78 Å². The van der Waals surface area contributed by atoms with Gasteiger partial charge in [0, 0.05) is 12.7 Å². The lowest BCUT2D eigenvalue weighted by Crippen LogP contribution is -2.24. The molecule has 0 saturated heterocycles. The summed E-state index contributed by atoms with van der Waals surface area (Å²) in [6, 6.07) is 7.15. The standard InChI is InChI=1S/C18H24ClN3O5S/c1-5-14-15(19)16(22(4)21-14)17(23)20-13-8-6-12(7-9-13)10-18(2,3)11-27-28(24,25)26/h6-9H,5,10-11H2,1-4H3,(H,20,23)(H,24,25,26). The summed E-state index contributed by atoms with van der Waals surface area (Å²) in [6.45, 7) is 5.41. The first-order valence-corrected chi connectivity index (χ1v) is 10.4. The molecule has 0 bridgehead atoms. The Hall–Kier alpha value is -1.94. The molecule has 0 fully saturated rings. The van der Waals surface area contributed by atoms with Gasteiger partial charge < -0.3 is 5.32 Å². The molecule has 2 aromatic rings. The van der Waals surface area contributed by atoms with Crippen LogP contribution in [-0.4, -0.2) is 35.3 Å². The van der Waals surface area contributed by atoms with Gasteiger partial charge in [0.2, 0.25) is 0 Å². The van der Waals surface area contributed by atoms with E-state index >= 15 is 0 Å². The van der Waals surface area contributed by atoms with Gasteiger partial charge in [-0.3, -0.25) is 14.0 Å². The molecule has 2 rings (SSSR count). The molecule has 0 unspecified atom stereocenters. The lowest BCUT2D eigenvalue weighted by atomic mass is 9.87. The second-order valence-corrected chi connectivity index (χ2v) is 8.74. The van der Waals surface area contributed by atoms with Crippen molar-refractivity contribution < 1.29 is 21.9 Å². The van der Waals surface area contributed by atoms with Gasteiger partial charge in [-0.25, -0.2) is 4.18 Å². The molecule has 1 aromatic heterocycles. The quantitative estimate of drug-likeness (QED) is 0.623. The first-order valence-electron chi connectivity index (χ1n) is 8.65. The fraction of sp³-hybridized carbons (Fsp3) is 0.444. The molecule has 0 aliphatic heterocycles. The topological polar surface area (TPSA) is 111 Å². The van der Waals surface area contributed by atoms with E-state index in [1.807, 2.05) is 32.9 Å². The summed E-state index contributed by atoms with van der Waals surface area (Å²) in [5.41, 5.74) is 1.97. The fourth-order valence-electron chi connectivity index (χ4n) is 2.76. The van der Waals surface area contributed by atoms with E-state index in [9.17, 15) is 13.2 Å². The number of halogens is 1. The van der Waals surface area contributed by atoms with Crippen molar-refractivity contribution in [2.45, 2.75) is 33.6 Å². The maximum Gasteiger partial charge on any atom is 0.397 e. The number of benzene rings is 1. The van der Waals surface area contributed by atoms with E-state index in [2.05, 4.69) is 14.6 Å². The van der Waals surface area contributed by atoms with Crippen LogP contribution in [0, 0.1) is 5.41 Å². The summed E-state index contributed by atoms with van der Waals surface area (Å²) >= 11 is 6.23. The number of hydrogen-bond acceptors (Lipinski definition) is 5. The zero-order valence-corrected chi connectivity index (χ0v) is 17.8. The molecular weight excluding hydrogens is 406 g/mol. The van der Waals surface area contributed by atoms with Crippen molar-refractivity contribution in [3.8, 4) is 0 Å². The van der Waals surface area contributed by atoms with Crippen LogP contribution >= 0.6 is 11.6 Å². The van der Waals surface area contributed by atoms with Crippen LogP contribution in [0.4, 0.5) is 5.69 Å².